The summed E-state index contributed by atoms with van der Waals surface area (Å²) < 4.78 is 10.4. The maximum Gasteiger partial charge on any atom is 0.338 e. The second kappa shape index (κ2) is 8.86. The summed E-state index contributed by atoms with van der Waals surface area (Å²) in [6, 6.07) is 23.8. The molecule has 0 radical (unpaired) electrons. The second-order valence-corrected chi connectivity index (χ2v) is 6.18. The Morgan fingerprint density at radius 3 is 2.18 bits per heavy atom. The first-order valence-electron chi connectivity index (χ1n) is 8.89. The third-order valence-electron chi connectivity index (χ3n) is 4.25. The fourth-order valence-electron chi connectivity index (χ4n) is 2.71. The normalized spacial score (nSPS) is 11.4. The lowest BCUT2D eigenvalue weighted by Gasteiger charge is -2.16. The molecule has 0 fully saturated rings. The van der Waals surface area contributed by atoms with Crippen LogP contribution in [-0.2, 0) is 9.53 Å². The van der Waals surface area contributed by atoms with E-state index >= 15 is 0 Å². The molecule has 1 amide bonds. The van der Waals surface area contributed by atoms with Crippen LogP contribution in [0.5, 0.6) is 5.75 Å². The Labute approximate surface area is 163 Å². The van der Waals surface area contributed by atoms with Gasteiger partial charge in [-0.3, -0.25) is 4.79 Å². The molecular formula is C23H21NO4. The Hall–Kier alpha value is -3.60. The Morgan fingerprint density at radius 2 is 1.50 bits per heavy atom. The number of para-hydroxylation sites is 1. The predicted molar refractivity (Wildman–Crippen MR) is 108 cm³/mol. The summed E-state index contributed by atoms with van der Waals surface area (Å²) in [6.45, 7) is 1.54. The van der Waals surface area contributed by atoms with E-state index in [1.165, 1.54) is 0 Å². The smallest absolute Gasteiger partial charge is 0.338 e. The predicted octanol–water partition coefficient (Wildman–Crippen LogP) is 4.55. The molecule has 0 aromatic heterocycles. The molecular weight excluding hydrogens is 354 g/mol. The molecule has 0 saturated carbocycles. The molecule has 5 heteroatoms. The largest absolute Gasteiger partial charge is 0.497 e. The third kappa shape index (κ3) is 4.57. The maximum absolute atomic E-state index is 12.6. The third-order valence-corrected chi connectivity index (χ3v) is 4.25. The summed E-state index contributed by atoms with van der Waals surface area (Å²) in [4.78, 5) is 24.8. The van der Waals surface area contributed by atoms with Crippen LogP contribution in [0.25, 0.3) is 11.1 Å². The number of benzene rings is 3. The van der Waals surface area contributed by atoms with Gasteiger partial charge in [0, 0.05) is 11.3 Å². The minimum atomic E-state index is -0.946. The molecule has 3 aromatic carbocycles. The standard InChI is InChI=1S/C23H21NO4/c1-16(28-23(26)18-12-14-19(27-2)15-13-18)22(25)24-21-11-7-6-10-20(21)17-8-4-3-5-9-17/h3-16H,1-2H3,(H,24,25)/t16-/m0/s1. The lowest BCUT2D eigenvalue weighted by Crippen LogP contribution is -2.30. The Balaban J connectivity index is 1.68. The van der Waals surface area contributed by atoms with Crippen LogP contribution in [0.4, 0.5) is 5.69 Å². The van der Waals surface area contributed by atoms with Crippen LogP contribution < -0.4 is 10.1 Å². The summed E-state index contributed by atoms with van der Waals surface area (Å²) >= 11 is 0. The topological polar surface area (TPSA) is 64.6 Å². The van der Waals surface area contributed by atoms with E-state index in [1.54, 1.807) is 38.3 Å². The van der Waals surface area contributed by atoms with Crippen LogP contribution in [0.15, 0.2) is 78.9 Å². The molecule has 0 saturated heterocycles. The highest BCUT2D eigenvalue weighted by molar-refractivity contribution is 5.99. The lowest BCUT2D eigenvalue weighted by molar-refractivity contribution is -0.123. The van der Waals surface area contributed by atoms with Crippen molar-refractivity contribution in [1.82, 2.24) is 0 Å². The van der Waals surface area contributed by atoms with Gasteiger partial charge in [0.2, 0.25) is 0 Å². The number of anilines is 1. The molecule has 0 aliphatic carbocycles. The maximum atomic E-state index is 12.6. The van der Waals surface area contributed by atoms with Crippen molar-refractivity contribution in [2.45, 2.75) is 13.0 Å². The first-order chi connectivity index (χ1) is 13.6. The molecule has 1 N–H and O–H groups in total. The van der Waals surface area contributed by atoms with E-state index in [9.17, 15) is 9.59 Å². The van der Waals surface area contributed by atoms with Gasteiger partial charge in [-0.1, -0.05) is 48.5 Å². The first-order valence-corrected chi connectivity index (χ1v) is 8.89. The molecule has 28 heavy (non-hydrogen) atoms. The van der Waals surface area contributed by atoms with Crippen LogP contribution in [0.1, 0.15) is 17.3 Å². The van der Waals surface area contributed by atoms with E-state index in [4.69, 9.17) is 9.47 Å². The van der Waals surface area contributed by atoms with Gasteiger partial charge in [-0.05, 0) is 42.8 Å². The van der Waals surface area contributed by atoms with Crippen molar-refractivity contribution in [2.75, 3.05) is 12.4 Å². The average Bonchev–Trinajstić information content (AvgIpc) is 2.74. The number of esters is 1. The molecule has 0 bridgehead atoms. The van der Waals surface area contributed by atoms with E-state index in [0.29, 0.717) is 17.0 Å². The Bertz CT molecular complexity index is 952. The van der Waals surface area contributed by atoms with Crippen LogP contribution in [0.2, 0.25) is 0 Å². The number of methoxy groups -OCH3 is 1. The van der Waals surface area contributed by atoms with Gasteiger partial charge in [0.1, 0.15) is 5.75 Å². The highest BCUT2D eigenvalue weighted by Gasteiger charge is 2.20. The van der Waals surface area contributed by atoms with E-state index in [0.717, 1.165) is 11.1 Å². The molecule has 0 aliphatic heterocycles. The van der Waals surface area contributed by atoms with Crippen molar-refractivity contribution < 1.29 is 19.1 Å². The molecule has 5 nitrogen and oxygen atoms in total. The Morgan fingerprint density at radius 1 is 0.857 bits per heavy atom. The van der Waals surface area contributed by atoms with Crippen LogP contribution in [-0.4, -0.2) is 25.1 Å². The number of hydrogen-bond donors (Lipinski definition) is 1. The van der Waals surface area contributed by atoms with Crippen LogP contribution in [0.3, 0.4) is 0 Å². The molecule has 0 heterocycles. The van der Waals surface area contributed by atoms with Gasteiger partial charge in [0.15, 0.2) is 6.10 Å². The first kappa shape index (κ1) is 19.2. The van der Waals surface area contributed by atoms with Crippen molar-refractivity contribution in [3.8, 4) is 16.9 Å². The highest BCUT2D eigenvalue weighted by atomic mass is 16.5. The summed E-state index contributed by atoms with van der Waals surface area (Å²) in [7, 11) is 1.55. The van der Waals surface area contributed by atoms with E-state index < -0.39 is 18.0 Å². The summed E-state index contributed by atoms with van der Waals surface area (Å²) in [5, 5.41) is 2.85. The van der Waals surface area contributed by atoms with Crippen molar-refractivity contribution in [3.05, 3.63) is 84.4 Å². The van der Waals surface area contributed by atoms with Gasteiger partial charge < -0.3 is 14.8 Å². The van der Waals surface area contributed by atoms with Crippen LogP contribution in [0, 0.1) is 0 Å². The van der Waals surface area contributed by atoms with Crippen molar-refractivity contribution in [1.29, 1.82) is 0 Å². The number of hydrogen-bond acceptors (Lipinski definition) is 4. The van der Waals surface area contributed by atoms with E-state index in [2.05, 4.69) is 5.32 Å². The van der Waals surface area contributed by atoms with Gasteiger partial charge in [0.25, 0.3) is 5.91 Å². The van der Waals surface area contributed by atoms with Crippen molar-refractivity contribution in [3.63, 3.8) is 0 Å². The van der Waals surface area contributed by atoms with E-state index in [1.807, 2.05) is 54.6 Å². The number of carbonyl (C=O) groups is 2. The number of rotatable bonds is 6. The van der Waals surface area contributed by atoms with Crippen LogP contribution >= 0.6 is 0 Å². The highest BCUT2D eigenvalue weighted by Crippen LogP contribution is 2.27. The fourth-order valence-corrected chi connectivity index (χ4v) is 2.71. The van der Waals surface area contributed by atoms with Crippen molar-refractivity contribution >= 4 is 17.6 Å². The Kier molecular flexibility index (Phi) is 6.07. The van der Waals surface area contributed by atoms with Gasteiger partial charge in [-0.25, -0.2) is 4.79 Å². The summed E-state index contributed by atoms with van der Waals surface area (Å²) in [6.07, 6.45) is -0.946. The van der Waals surface area contributed by atoms with Gasteiger partial charge >= 0.3 is 5.97 Å². The van der Waals surface area contributed by atoms with Gasteiger partial charge in [-0.15, -0.1) is 0 Å². The molecule has 0 spiro atoms. The van der Waals surface area contributed by atoms with Crippen molar-refractivity contribution in [2.24, 2.45) is 0 Å². The summed E-state index contributed by atoms with van der Waals surface area (Å²) in [5.74, 6) is -0.327. The molecule has 142 valence electrons. The average molecular weight is 375 g/mol. The second-order valence-electron chi connectivity index (χ2n) is 6.18. The SMILES string of the molecule is COc1ccc(C(=O)O[C@@H](C)C(=O)Nc2ccccc2-c2ccccc2)cc1. The molecule has 1 atom stereocenters. The zero-order valence-corrected chi connectivity index (χ0v) is 15.7. The minimum Gasteiger partial charge on any atom is -0.497 e. The zero-order chi connectivity index (χ0) is 19.9. The molecule has 3 aromatic rings. The summed E-state index contributed by atoms with van der Waals surface area (Å²) in [5.41, 5.74) is 2.89. The number of carbonyl (C=O) groups excluding carboxylic acids is 2. The van der Waals surface area contributed by atoms with E-state index in [-0.39, 0.29) is 0 Å². The van der Waals surface area contributed by atoms with Gasteiger partial charge in [0.05, 0.1) is 12.7 Å². The fraction of sp³-hybridized carbons (Fsp3) is 0.130. The van der Waals surface area contributed by atoms with Gasteiger partial charge in [-0.2, -0.15) is 0 Å². The lowest BCUT2D eigenvalue weighted by atomic mass is 10.0. The quantitative estimate of drug-likeness (QED) is 0.642. The minimum absolute atomic E-state index is 0.352. The molecule has 0 aliphatic rings. The number of amides is 1. The number of ether oxygens (including phenoxy) is 2. The molecule has 3 rings (SSSR count). The monoisotopic (exact) mass is 375 g/mol. The zero-order valence-electron chi connectivity index (χ0n) is 15.7. The molecule has 0 unspecified atom stereocenters. The number of nitrogens with one attached hydrogen (secondary N) is 1.